The van der Waals surface area contributed by atoms with E-state index in [0.717, 1.165) is 0 Å². The number of hydrazine groups is 1. The van der Waals surface area contributed by atoms with E-state index in [0.29, 0.717) is 13.0 Å². The lowest BCUT2D eigenvalue weighted by atomic mass is 10.4. The second-order valence-electron chi connectivity index (χ2n) is 1.42. The maximum absolute atomic E-state index is 10.3. The number of hydrogen-bond donors (Lipinski definition) is 3. The van der Waals surface area contributed by atoms with Gasteiger partial charge in [0, 0.05) is 13.0 Å². The van der Waals surface area contributed by atoms with Crippen LogP contribution in [0.4, 0.5) is 0 Å². The van der Waals surface area contributed by atoms with E-state index in [-0.39, 0.29) is 5.91 Å². The predicted octanol–water partition coefficient (Wildman–Crippen LogP) is -1.41. The van der Waals surface area contributed by atoms with E-state index in [2.05, 4.69) is 5.32 Å². The van der Waals surface area contributed by atoms with Crippen molar-refractivity contribution < 1.29 is 4.79 Å². The molecule has 48 valence electrons. The SMILES string of the molecule is CNCCC(=O)NN. The smallest absolute Gasteiger partial charge is 0.235 e. The lowest BCUT2D eigenvalue weighted by Crippen LogP contribution is -2.31. The van der Waals surface area contributed by atoms with Crippen LogP contribution >= 0.6 is 0 Å². The summed E-state index contributed by atoms with van der Waals surface area (Å²) in [6.45, 7) is 0.670. The molecule has 0 saturated carbocycles. The summed E-state index contributed by atoms with van der Waals surface area (Å²) < 4.78 is 0. The lowest BCUT2D eigenvalue weighted by Gasteiger charge is -1.95. The largest absolute Gasteiger partial charge is 0.319 e. The van der Waals surface area contributed by atoms with Crippen molar-refractivity contribution >= 4 is 5.91 Å². The Morgan fingerprint density at radius 1 is 1.75 bits per heavy atom. The first-order valence-electron chi connectivity index (χ1n) is 2.45. The molecule has 0 aliphatic heterocycles. The van der Waals surface area contributed by atoms with Crippen LogP contribution in [0.5, 0.6) is 0 Å². The van der Waals surface area contributed by atoms with Crippen LogP contribution in [0.2, 0.25) is 0 Å². The molecule has 0 spiro atoms. The summed E-state index contributed by atoms with van der Waals surface area (Å²) in [5.74, 6) is 4.65. The first-order chi connectivity index (χ1) is 3.81. The molecule has 0 aliphatic rings. The minimum Gasteiger partial charge on any atom is -0.319 e. The zero-order valence-electron chi connectivity index (χ0n) is 4.90. The third kappa shape index (κ3) is 3.58. The van der Waals surface area contributed by atoms with Crippen LogP contribution in [0, 0.1) is 0 Å². The van der Waals surface area contributed by atoms with Gasteiger partial charge in [-0.1, -0.05) is 0 Å². The van der Waals surface area contributed by atoms with Gasteiger partial charge in [-0.3, -0.25) is 10.2 Å². The van der Waals surface area contributed by atoms with Gasteiger partial charge in [-0.15, -0.1) is 0 Å². The highest BCUT2D eigenvalue weighted by Crippen LogP contribution is 1.70. The molecule has 0 unspecified atom stereocenters. The highest BCUT2D eigenvalue weighted by molar-refractivity contribution is 5.75. The standard InChI is InChI=1S/C4H11N3O/c1-6-3-2-4(8)7-5/h6H,2-3,5H2,1H3,(H,7,8). The Labute approximate surface area is 48.4 Å². The molecule has 1 amide bonds. The fourth-order valence-electron chi connectivity index (χ4n) is 0.311. The minimum absolute atomic E-state index is 0.139. The van der Waals surface area contributed by atoms with E-state index in [4.69, 9.17) is 5.84 Å². The van der Waals surface area contributed by atoms with E-state index in [1.54, 1.807) is 7.05 Å². The van der Waals surface area contributed by atoms with Crippen LogP contribution in [-0.2, 0) is 4.79 Å². The molecule has 0 bridgehead atoms. The van der Waals surface area contributed by atoms with Gasteiger partial charge < -0.3 is 5.32 Å². The number of nitrogens with one attached hydrogen (secondary N) is 2. The molecule has 0 saturated heterocycles. The zero-order chi connectivity index (χ0) is 6.41. The van der Waals surface area contributed by atoms with Crippen LogP contribution in [-0.4, -0.2) is 19.5 Å². The minimum atomic E-state index is -0.139. The van der Waals surface area contributed by atoms with Gasteiger partial charge in [0.05, 0.1) is 0 Å². The Balaban J connectivity index is 2.99. The van der Waals surface area contributed by atoms with Crippen LogP contribution in [0.3, 0.4) is 0 Å². The van der Waals surface area contributed by atoms with E-state index in [9.17, 15) is 4.79 Å². The van der Waals surface area contributed by atoms with Crippen LogP contribution < -0.4 is 16.6 Å². The van der Waals surface area contributed by atoms with Crippen molar-refractivity contribution in [3.63, 3.8) is 0 Å². The van der Waals surface area contributed by atoms with Gasteiger partial charge in [-0.25, -0.2) is 5.84 Å². The molecule has 0 aromatic heterocycles. The maximum Gasteiger partial charge on any atom is 0.235 e. The number of rotatable bonds is 3. The monoisotopic (exact) mass is 117 g/mol. The Morgan fingerprint density at radius 2 is 2.38 bits per heavy atom. The van der Waals surface area contributed by atoms with Crippen LogP contribution in [0.1, 0.15) is 6.42 Å². The van der Waals surface area contributed by atoms with E-state index in [1.165, 1.54) is 0 Å². The molecule has 4 N–H and O–H groups in total. The van der Waals surface area contributed by atoms with Crippen molar-refractivity contribution in [2.24, 2.45) is 5.84 Å². The third-order valence-electron chi connectivity index (χ3n) is 0.763. The summed E-state index contributed by atoms with van der Waals surface area (Å²) in [5, 5.41) is 2.82. The molecular weight excluding hydrogens is 106 g/mol. The molecule has 0 aliphatic carbocycles. The third-order valence-corrected chi connectivity index (χ3v) is 0.763. The molecule has 4 heteroatoms. The van der Waals surface area contributed by atoms with Crippen LogP contribution in [0.25, 0.3) is 0 Å². The van der Waals surface area contributed by atoms with E-state index >= 15 is 0 Å². The number of carbonyl (C=O) groups excluding carboxylic acids is 1. The van der Waals surface area contributed by atoms with Gasteiger partial charge in [0.15, 0.2) is 0 Å². The molecule has 0 aromatic carbocycles. The molecule has 8 heavy (non-hydrogen) atoms. The van der Waals surface area contributed by atoms with Crippen molar-refractivity contribution in [2.75, 3.05) is 13.6 Å². The van der Waals surface area contributed by atoms with E-state index in [1.807, 2.05) is 5.43 Å². The van der Waals surface area contributed by atoms with Crippen molar-refractivity contribution in [3.8, 4) is 0 Å². The molecule has 0 rings (SSSR count). The number of amides is 1. The molecular formula is C4H11N3O. The fourth-order valence-corrected chi connectivity index (χ4v) is 0.311. The molecule has 4 nitrogen and oxygen atoms in total. The predicted molar refractivity (Wildman–Crippen MR) is 30.9 cm³/mol. The lowest BCUT2D eigenvalue weighted by molar-refractivity contribution is -0.121. The average molecular weight is 117 g/mol. The van der Waals surface area contributed by atoms with Gasteiger partial charge in [-0.05, 0) is 7.05 Å². The maximum atomic E-state index is 10.3. The quantitative estimate of drug-likeness (QED) is 0.241. The number of hydrogen-bond acceptors (Lipinski definition) is 3. The Kier molecular flexibility index (Phi) is 4.20. The number of carbonyl (C=O) groups is 1. The van der Waals surface area contributed by atoms with Gasteiger partial charge in [0.1, 0.15) is 0 Å². The van der Waals surface area contributed by atoms with Gasteiger partial charge in [0.2, 0.25) is 5.91 Å². The summed E-state index contributed by atoms with van der Waals surface area (Å²) >= 11 is 0. The Hall–Kier alpha value is -0.610. The molecule has 0 atom stereocenters. The van der Waals surface area contributed by atoms with Gasteiger partial charge in [0.25, 0.3) is 0 Å². The first kappa shape index (κ1) is 7.39. The van der Waals surface area contributed by atoms with Crippen LogP contribution in [0.15, 0.2) is 0 Å². The molecule has 0 radical (unpaired) electrons. The summed E-state index contributed by atoms with van der Waals surface area (Å²) in [6.07, 6.45) is 0.438. The second kappa shape index (κ2) is 4.55. The Morgan fingerprint density at radius 3 is 2.75 bits per heavy atom. The summed E-state index contributed by atoms with van der Waals surface area (Å²) in [4.78, 5) is 10.3. The molecule has 0 aromatic rings. The van der Waals surface area contributed by atoms with Crippen molar-refractivity contribution in [3.05, 3.63) is 0 Å². The summed E-state index contributed by atoms with van der Waals surface area (Å²) in [6, 6.07) is 0. The van der Waals surface area contributed by atoms with Gasteiger partial charge >= 0.3 is 0 Å². The summed E-state index contributed by atoms with van der Waals surface area (Å²) in [5.41, 5.74) is 2.02. The molecule has 0 heterocycles. The number of nitrogens with two attached hydrogens (primary N) is 1. The Bertz CT molecular complexity index is 73.7. The highest BCUT2D eigenvalue weighted by Gasteiger charge is 1.92. The highest BCUT2D eigenvalue weighted by atomic mass is 16.2. The van der Waals surface area contributed by atoms with Crippen molar-refractivity contribution in [1.29, 1.82) is 0 Å². The summed E-state index contributed by atoms with van der Waals surface area (Å²) in [7, 11) is 1.78. The normalized spacial score (nSPS) is 8.75. The fraction of sp³-hybridized carbons (Fsp3) is 0.750. The first-order valence-corrected chi connectivity index (χ1v) is 2.45. The van der Waals surface area contributed by atoms with Gasteiger partial charge in [-0.2, -0.15) is 0 Å². The molecule has 0 fully saturated rings. The topological polar surface area (TPSA) is 67.2 Å². The second-order valence-corrected chi connectivity index (χ2v) is 1.42. The average Bonchev–Trinajstić information content (AvgIpc) is 1.83. The zero-order valence-corrected chi connectivity index (χ0v) is 4.90. The van der Waals surface area contributed by atoms with Crippen molar-refractivity contribution in [2.45, 2.75) is 6.42 Å². The van der Waals surface area contributed by atoms with E-state index < -0.39 is 0 Å². The van der Waals surface area contributed by atoms with Crippen molar-refractivity contribution in [1.82, 2.24) is 10.7 Å².